The summed E-state index contributed by atoms with van der Waals surface area (Å²) in [6, 6.07) is 0. The zero-order valence-electron chi connectivity index (χ0n) is 7.59. The van der Waals surface area contributed by atoms with E-state index < -0.39 is 0 Å². The zero-order valence-corrected chi connectivity index (χ0v) is 10.4. The molecule has 1 aromatic heterocycles. The van der Waals surface area contributed by atoms with Crippen LogP contribution in [0.5, 0.6) is 0 Å². The second-order valence-electron chi connectivity index (χ2n) is 2.11. The van der Waals surface area contributed by atoms with Crippen LogP contribution in [0.25, 0.3) is 0 Å². The molecule has 0 fully saturated rings. The topological polar surface area (TPSA) is 70.8 Å². The molecule has 0 spiro atoms. The van der Waals surface area contributed by atoms with Crippen molar-refractivity contribution in [1.29, 1.82) is 0 Å². The van der Waals surface area contributed by atoms with Crippen molar-refractivity contribution >= 4 is 18.2 Å². The Bertz CT molecular complexity index is 322. The Morgan fingerprint density at radius 1 is 1.69 bits per heavy atom. The molecule has 0 saturated heterocycles. The number of nitrogens with zero attached hydrogens (tertiary/aromatic N) is 1. The van der Waals surface area contributed by atoms with Crippen LogP contribution in [0.4, 0.5) is 0 Å². The van der Waals surface area contributed by atoms with Crippen LogP contribution in [0.15, 0.2) is 0 Å². The molecule has 0 radical (unpaired) electrons. The molecule has 0 aromatic carbocycles. The van der Waals surface area contributed by atoms with Crippen molar-refractivity contribution in [2.45, 2.75) is 13.3 Å². The van der Waals surface area contributed by atoms with Gasteiger partial charge in [-0.2, -0.15) is 5.10 Å². The first-order valence-electron chi connectivity index (χ1n) is 3.51. The van der Waals surface area contributed by atoms with Gasteiger partial charge in [0.2, 0.25) is 0 Å². The summed E-state index contributed by atoms with van der Waals surface area (Å²) in [7, 11) is 0. The van der Waals surface area contributed by atoms with Crippen LogP contribution in [-0.4, -0.2) is 28.0 Å². The Labute approximate surface area is 103 Å². The van der Waals surface area contributed by atoms with Crippen molar-refractivity contribution < 1.29 is 39.1 Å². The molecule has 0 aliphatic carbocycles. The number of H-pyrrole nitrogens is 2. The summed E-state index contributed by atoms with van der Waals surface area (Å²) in [5, 5.41) is 8.80. The number of carbonyl (C=O) groups excluding carboxylic acids is 1. The summed E-state index contributed by atoms with van der Waals surface area (Å²) in [5.74, 6) is -0.316. The Balaban J connectivity index is 0.00000144. The molecule has 1 aromatic rings. The van der Waals surface area contributed by atoms with E-state index in [9.17, 15) is 4.79 Å². The van der Waals surface area contributed by atoms with Gasteiger partial charge in [-0.3, -0.25) is 9.89 Å². The van der Waals surface area contributed by atoms with E-state index in [0.717, 1.165) is 0 Å². The first-order chi connectivity index (χ1) is 5.74. The van der Waals surface area contributed by atoms with Gasteiger partial charge >= 0.3 is 35.5 Å². The fourth-order valence-corrected chi connectivity index (χ4v) is 0.901. The Hall–Kier alpha value is -0.170. The predicted octanol–water partition coefficient (Wildman–Crippen LogP) is -2.42. The van der Waals surface area contributed by atoms with Crippen molar-refractivity contribution in [3.63, 3.8) is 0 Å². The number of rotatable bonds is 3. The van der Waals surface area contributed by atoms with E-state index in [2.05, 4.69) is 15.4 Å². The second-order valence-corrected chi connectivity index (χ2v) is 2.51. The fraction of sp³-hybridized carbons (Fsp3) is 0.500. The molecule has 13 heavy (non-hydrogen) atoms. The molecule has 1 heterocycles. The number of nitrogens with one attached hydrogen (secondary N) is 2. The number of hydrogen-bond acceptors (Lipinski definition) is 4. The first kappa shape index (κ1) is 12.8. The van der Waals surface area contributed by atoms with Crippen molar-refractivity contribution in [3.8, 4) is 0 Å². The van der Waals surface area contributed by atoms with Gasteiger partial charge in [0, 0.05) is 0 Å². The molecule has 66 valence electrons. The van der Waals surface area contributed by atoms with E-state index in [4.69, 9.17) is 17.0 Å². The van der Waals surface area contributed by atoms with E-state index in [1.165, 1.54) is 0 Å². The third-order valence-corrected chi connectivity index (χ3v) is 1.58. The minimum atomic E-state index is -0.316. The zero-order chi connectivity index (χ0) is 8.97. The standard InChI is InChI=1S/C6H9N3O2S.Na/c1-2-11-5(10)3-4-6(12)8-9-7-4;/h2-3H2,1H3,(H2,7,8,9,12);/q;+1. The third-order valence-electron chi connectivity index (χ3n) is 1.24. The molecule has 5 nitrogen and oxygen atoms in total. The Morgan fingerprint density at radius 3 is 2.85 bits per heavy atom. The number of esters is 1. The minimum absolute atomic E-state index is 0. The average molecular weight is 210 g/mol. The van der Waals surface area contributed by atoms with Crippen LogP contribution < -0.4 is 29.6 Å². The molecular formula is C6H9N3NaO2S+. The first-order valence-corrected chi connectivity index (χ1v) is 3.92. The number of aromatic nitrogens is 3. The molecule has 0 aliphatic rings. The largest absolute Gasteiger partial charge is 1.00 e. The molecule has 0 aliphatic heterocycles. The van der Waals surface area contributed by atoms with Crippen LogP contribution in [-0.2, 0) is 16.0 Å². The summed E-state index contributed by atoms with van der Waals surface area (Å²) in [4.78, 5) is 10.9. The van der Waals surface area contributed by atoms with Gasteiger partial charge in [-0.05, 0) is 6.92 Å². The quantitative estimate of drug-likeness (QED) is 0.331. The van der Waals surface area contributed by atoms with Gasteiger partial charge in [-0.15, -0.1) is 0 Å². The summed E-state index contributed by atoms with van der Waals surface area (Å²) >= 11 is 4.83. The maximum Gasteiger partial charge on any atom is 1.00 e. The summed E-state index contributed by atoms with van der Waals surface area (Å²) in [6.45, 7) is 2.13. The van der Waals surface area contributed by atoms with E-state index in [-0.39, 0.29) is 41.9 Å². The van der Waals surface area contributed by atoms with Gasteiger partial charge < -0.3 is 4.74 Å². The van der Waals surface area contributed by atoms with E-state index in [1.807, 2.05) is 0 Å². The van der Waals surface area contributed by atoms with Gasteiger partial charge in [0.15, 0.2) is 0 Å². The van der Waals surface area contributed by atoms with Crippen molar-refractivity contribution in [2.24, 2.45) is 0 Å². The summed E-state index contributed by atoms with van der Waals surface area (Å²) in [6.07, 6.45) is 0.118. The van der Waals surface area contributed by atoms with E-state index in [1.54, 1.807) is 6.92 Å². The van der Waals surface area contributed by atoms with E-state index in [0.29, 0.717) is 16.9 Å². The number of carbonyl (C=O) groups is 1. The number of aromatic amines is 2. The van der Waals surface area contributed by atoms with Gasteiger partial charge in [0.1, 0.15) is 10.3 Å². The molecule has 2 N–H and O–H groups in total. The van der Waals surface area contributed by atoms with Crippen LogP contribution in [0.2, 0.25) is 0 Å². The fourth-order valence-electron chi connectivity index (χ4n) is 0.738. The SMILES string of the molecule is CCOC(=O)Cc1n[nH][nH]c1=S.[Na+]. The van der Waals surface area contributed by atoms with Crippen molar-refractivity contribution in [3.05, 3.63) is 10.3 Å². The normalized spacial score (nSPS) is 9.00. The van der Waals surface area contributed by atoms with Crippen LogP contribution in [0, 0.1) is 4.64 Å². The van der Waals surface area contributed by atoms with Gasteiger partial charge in [0.05, 0.1) is 13.0 Å². The number of hydrogen-bond donors (Lipinski definition) is 2. The third kappa shape index (κ3) is 4.04. The monoisotopic (exact) mass is 210 g/mol. The predicted molar refractivity (Wildman–Crippen MR) is 44.1 cm³/mol. The van der Waals surface area contributed by atoms with Crippen LogP contribution in [0.3, 0.4) is 0 Å². The molecule has 0 unspecified atom stereocenters. The van der Waals surface area contributed by atoms with E-state index >= 15 is 0 Å². The summed E-state index contributed by atoms with van der Waals surface area (Å²) < 4.78 is 5.16. The number of ether oxygens (including phenoxy) is 1. The molecule has 0 bridgehead atoms. The molecule has 7 heteroatoms. The average Bonchev–Trinajstić information content (AvgIpc) is 2.37. The molecule has 0 amide bonds. The van der Waals surface area contributed by atoms with Gasteiger partial charge in [0.25, 0.3) is 0 Å². The minimum Gasteiger partial charge on any atom is -0.466 e. The molecule has 0 atom stereocenters. The Kier molecular flexibility index (Phi) is 6.23. The second kappa shape index (κ2) is 6.31. The van der Waals surface area contributed by atoms with Gasteiger partial charge in [-0.25, -0.2) is 5.21 Å². The molecular weight excluding hydrogens is 201 g/mol. The van der Waals surface area contributed by atoms with Crippen molar-refractivity contribution in [2.75, 3.05) is 6.61 Å². The van der Waals surface area contributed by atoms with Gasteiger partial charge in [-0.1, -0.05) is 12.2 Å². The Morgan fingerprint density at radius 2 is 2.38 bits per heavy atom. The smallest absolute Gasteiger partial charge is 0.466 e. The van der Waals surface area contributed by atoms with Crippen molar-refractivity contribution in [1.82, 2.24) is 15.4 Å². The van der Waals surface area contributed by atoms with Crippen LogP contribution >= 0.6 is 12.2 Å². The maximum atomic E-state index is 10.9. The molecule has 1 rings (SSSR count). The van der Waals surface area contributed by atoms with Crippen LogP contribution in [0.1, 0.15) is 12.6 Å². The summed E-state index contributed by atoms with van der Waals surface area (Å²) in [5.41, 5.74) is 0.517. The maximum absolute atomic E-state index is 10.9. The molecule has 0 saturated carbocycles.